The van der Waals surface area contributed by atoms with E-state index >= 15 is 4.39 Å². The van der Waals surface area contributed by atoms with Gasteiger partial charge in [0, 0.05) is 0 Å². The van der Waals surface area contributed by atoms with Gasteiger partial charge in [-0.25, -0.2) is 13.9 Å². The van der Waals surface area contributed by atoms with Gasteiger partial charge in [-0.2, -0.15) is 15.1 Å². The van der Waals surface area contributed by atoms with Gasteiger partial charge in [-0.3, -0.25) is 13.9 Å². The number of aliphatic hydroxyl groups is 2. The standard InChI is InChI=1S/C28H38FN6O9P/c1-4-40-22-20-21(32-26(30)33-22)35(16-31-20)25-27(3,38)24(37)28(29,43-25)15-41-45(39,44-19-13-9-6-10-14-19)34-17(2)23(36)42-18-11-7-5-8-12-18/h6,9-10,13-14,16-18,24-25,37-38H,4-5,7-8,11-12,15H2,1-3H3,(H,34,39)(H2,30,32,33)/t17-,24-,25+,27+,28+,45?/m0/s1. The summed E-state index contributed by atoms with van der Waals surface area (Å²) in [6.07, 6.45) is 1.50. The van der Waals surface area contributed by atoms with Crippen LogP contribution in [0.2, 0.25) is 0 Å². The van der Waals surface area contributed by atoms with Gasteiger partial charge in [0.05, 0.1) is 12.9 Å². The summed E-state index contributed by atoms with van der Waals surface area (Å²) < 4.78 is 59.3. The second-order valence-corrected chi connectivity index (χ2v) is 12.9. The number of aliphatic hydroxyl groups excluding tert-OH is 1. The van der Waals surface area contributed by atoms with E-state index in [2.05, 4.69) is 20.0 Å². The number of imidazole rings is 1. The SMILES string of the molecule is CCOc1nc(N)nc2c1ncn2[C@@H]1O[C@](F)(COP(=O)(N[C@@H](C)C(=O)OC2CCCCC2)Oc2ccccc2)[C@@H](O)[C@@]1(C)O. The number of nitrogens with two attached hydrogens (primary N) is 1. The van der Waals surface area contributed by atoms with Crippen molar-refractivity contribution in [1.29, 1.82) is 0 Å². The van der Waals surface area contributed by atoms with Gasteiger partial charge in [0.2, 0.25) is 11.8 Å². The Morgan fingerprint density at radius 2 is 1.98 bits per heavy atom. The van der Waals surface area contributed by atoms with E-state index in [0.29, 0.717) is 0 Å². The maximum Gasteiger partial charge on any atom is 0.459 e. The molecule has 2 aromatic heterocycles. The molecular weight excluding hydrogens is 614 g/mol. The number of benzene rings is 1. The molecule has 3 heterocycles. The monoisotopic (exact) mass is 652 g/mol. The molecule has 2 fully saturated rings. The van der Waals surface area contributed by atoms with Crippen LogP contribution in [0.5, 0.6) is 11.6 Å². The van der Waals surface area contributed by atoms with Crippen molar-refractivity contribution in [2.24, 2.45) is 0 Å². The van der Waals surface area contributed by atoms with Crippen LogP contribution in [-0.2, 0) is 23.4 Å². The topological polar surface area (TPSA) is 202 Å². The lowest BCUT2D eigenvalue weighted by Gasteiger charge is -2.29. The third-order valence-electron chi connectivity index (χ3n) is 7.65. The number of carbonyl (C=O) groups excluding carboxylic acids is 1. The molecule has 1 saturated carbocycles. The molecular formula is C28H38FN6O9P. The van der Waals surface area contributed by atoms with E-state index in [9.17, 15) is 19.6 Å². The molecule has 1 aliphatic carbocycles. The Bertz CT molecular complexity index is 1540. The van der Waals surface area contributed by atoms with Gasteiger partial charge in [-0.1, -0.05) is 24.6 Å². The quantitative estimate of drug-likeness (QED) is 0.164. The predicted molar refractivity (Wildman–Crippen MR) is 158 cm³/mol. The van der Waals surface area contributed by atoms with Crippen LogP contribution in [0, 0.1) is 0 Å². The highest BCUT2D eigenvalue weighted by atomic mass is 31.2. The Kier molecular flexibility index (Phi) is 9.63. The summed E-state index contributed by atoms with van der Waals surface area (Å²) in [6, 6.07) is 6.74. The highest BCUT2D eigenvalue weighted by Gasteiger charge is 2.64. The molecule has 17 heteroatoms. The first-order valence-electron chi connectivity index (χ1n) is 14.7. The minimum atomic E-state index is -4.54. The number of halogens is 1. The normalized spacial score (nSPS) is 27.6. The molecule has 0 bridgehead atoms. The Labute approximate surface area is 258 Å². The van der Waals surface area contributed by atoms with Gasteiger partial charge in [-0.15, -0.1) is 0 Å². The third-order valence-corrected chi connectivity index (χ3v) is 9.27. The zero-order chi connectivity index (χ0) is 32.4. The van der Waals surface area contributed by atoms with Crippen molar-refractivity contribution in [1.82, 2.24) is 24.6 Å². The number of fused-ring (bicyclic) bond motifs is 1. The molecule has 3 aromatic rings. The number of ether oxygens (including phenoxy) is 3. The Morgan fingerprint density at radius 3 is 2.67 bits per heavy atom. The number of rotatable bonds is 12. The van der Waals surface area contributed by atoms with E-state index in [1.54, 1.807) is 25.1 Å². The average Bonchev–Trinajstić information content (AvgIpc) is 3.50. The molecule has 0 spiro atoms. The number of anilines is 1. The number of para-hydroxylation sites is 1. The molecule has 5 rings (SSSR count). The van der Waals surface area contributed by atoms with Crippen molar-refractivity contribution < 1.29 is 47.2 Å². The molecule has 5 N–H and O–H groups in total. The van der Waals surface area contributed by atoms with E-state index in [0.717, 1.165) is 39.0 Å². The number of alkyl halides is 1. The number of aromatic nitrogens is 4. The lowest BCUT2D eigenvalue weighted by atomic mass is 9.95. The Balaban J connectivity index is 1.37. The summed E-state index contributed by atoms with van der Waals surface area (Å²) in [6.45, 7) is 3.35. The van der Waals surface area contributed by atoms with E-state index in [-0.39, 0.29) is 41.5 Å². The molecule has 1 unspecified atom stereocenters. The molecule has 6 atom stereocenters. The summed E-state index contributed by atoms with van der Waals surface area (Å²) in [5.74, 6) is -3.83. The summed E-state index contributed by atoms with van der Waals surface area (Å²) in [7, 11) is -4.54. The lowest BCUT2D eigenvalue weighted by Crippen LogP contribution is -2.49. The molecule has 1 aliphatic heterocycles. The fraction of sp³-hybridized carbons (Fsp3) is 0.571. The number of nitrogen functional groups attached to an aromatic ring is 1. The van der Waals surface area contributed by atoms with Crippen LogP contribution in [0.1, 0.15) is 59.1 Å². The van der Waals surface area contributed by atoms with Gasteiger partial charge in [-0.05, 0) is 58.6 Å². The third kappa shape index (κ3) is 7.05. The van der Waals surface area contributed by atoms with Crippen LogP contribution in [0.15, 0.2) is 36.7 Å². The molecule has 45 heavy (non-hydrogen) atoms. The van der Waals surface area contributed by atoms with E-state index < -0.39 is 50.2 Å². The van der Waals surface area contributed by atoms with Crippen LogP contribution >= 0.6 is 7.75 Å². The zero-order valence-corrected chi connectivity index (χ0v) is 26.1. The van der Waals surface area contributed by atoms with E-state index in [1.807, 2.05) is 0 Å². The number of nitrogens with one attached hydrogen (secondary N) is 1. The average molecular weight is 653 g/mol. The van der Waals surface area contributed by atoms with Gasteiger partial charge in [0.25, 0.3) is 5.85 Å². The van der Waals surface area contributed by atoms with Gasteiger partial charge in [0.1, 0.15) is 36.2 Å². The minimum absolute atomic E-state index is 0.0404. The summed E-state index contributed by atoms with van der Waals surface area (Å²) in [5.41, 5.74) is 3.74. The summed E-state index contributed by atoms with van der Waals surface area (Å²) >= 11 is 0. The first kappa shape index (κ1) is 33.0. The predicted octanol–water partition coefficient (Wildman–Crippen LogP) is 3.17. The first-order chi connectivity index (χ1) is 21.3. The number of nitrogens with zero attached hydrogens (tertiary/aromatic N) is 4. The lowest BCUT2D eigenvalue weighted by molar-refractivity contribution is -0.202. The van der Waals surface area contributed by atoms with Crippen molar-refractivity contribution in [2.45, 2.75) is 88.8 Å². The smallest absolute Gasteiger partial charge is 0.459 e. The van der Waals surface area contributed by atoms with Crippen molar-refractivity contribution in [3.63, 3.8) is 0 Å². The van der Waals surface area contributed by atoms with E-state index in [1.165, 1.54) is 30.0 Å². The van der Waals surface area contributed by atoms with Crippen LogP contribution < -0.4 is 20.1 Å². The Hall–Kier alpha value is -3.40. The van der Waals surface area contributed by atoms with Gasteiger partial charge in [0.15, 0.2) is 17.4 Å². The summed E-state index contributed by atoms with van der Waals surface area (Å²) in [5, 5.41) is 24.8. The highest BCUT2D eigenvalue weighted by Crippen LogP contribution is 2.51. The number of carbonyl (C=O) groups is 1. The first-order valence-corrected chi connectivity index (χ1v) is 16.3. The van der Waals surface area contributed by atoms with Crippen molar-refractivity contribution in [3.8, 4) is 11.6 Å². The van der Waals surface area contributed by atoms with Crippen LogP contribution in [0.3, 0.4) is 0 Å². The molecule has 0 amide bonds. The molecule has 246 valence electrons. The van der Waals surface area contributed by atoms with Crippen molar-refractivity contribution >= 4 is 30.8 Å². The fourth-order valence-corrected chi connectivity index (χ4v) is 6.83. The maximum absolute atomic E-state index is 16.4. The molecule has 1 saturated heterocycles. The second-order valence-electron chi connectivity index (χ2n) is 11.3. The molecule has 0 radical (unpaired) electrons. The van der Waals surface area contributed by atoms with Crippen molar-refractivity contribution in [2.75, 3.05) is 18.9 Å². The van der Waals surface area contributed by atoms with Crippen LogP contribution in [0.4, 0.5) is 10.3 Å². The maximum atomic E-state index is 16.4. The molecule has 2 aliphatic rings. The largest absolute Gasteiger partial charge is 0.476 e. The van der Waals surface area contributed by atoms with Crippen LogP contribution in [-0.4, -0.2) is 78.6 Å². The van der Waals surface area contributed by atoms with Crippen LogP contribution in [0.25, 0.3) is 11.2 Å². The number of hydrogen-bond acceptors (Lipinski definition) is 13. The van der Waals surface area contributed by atoms with Crippen molar-refractivity contribution in [3.05, 3.63) is 36.7 Å². The van der Waals surface area contributed by atoms with E-state index in [4.69, 9.17) is 29.0 Å². The Morgan fingerprint density at radius 1 is 1.27 bits per heavy atom. The van der Waals surface area contributed by atoms with Gasteiger partial charge < -0.3 is 34.7 Å². The zero-order valence-electron chi connectivity index (χ0n) is 25.2. The number of hydrogen-bond donors (Lipinski definition) is 4. The highest BCUT2D eigenvalue weighted by molar-refractivity contribution is 7.52. The van der Waals surface area contributed by atoms with Gasteiger partial charge >= 0.3 is 13.7 Å². The second kappa shape index (κ2) is 13.1. The fourth-order valence-electron chi connectivity index (χ4n) is 5.33. The molecule has 1 aromatic carbocycles. The molecule has 15 nitrogen and oxygen atoms in total. The summed E-state index contributed by atoms with van der Waals surface area (Å²) in [4.78, 5) is 25.2. The minimum Gasteiger partial charge on any atom is -0.476 e. The number of esters is 1.